The number of anilines is 1. The SMILES string of the molecule is CCC(O)(CC)C(=O)N[C@H]1Cc2ccc3c(c2)C2(c4ccccc4N[C@@H]2O3)c2oc(nc2-c2nc(CO)co2)[C@H](C(C)(C)C)NC1=O. The van der Waals surface area contributed by atoms with E-state index in [2.05, 4.69) is 20.9 Å². The molecule has 2 amide bonds. The number of benzene rings is 2. The summed E-state index contributed by atoms with van der Waals surface area (Å²) in [4.78, 5) is 37.0. The Morgan fingerprint density at radius 2 is 1.85 bits per heavy atom. The lowest BCUT2D eigenvalue weighted by atomic mass is 9.72. The van der Waals surface area contributed by atoms with E-state index < -0.39 is 46.6 Å². The van der Waals surface area contributed by atoms with Crippen molar-refractivity contribution < 1.29 is 33.4 Å². The summed E-state index contributed by atoms with van der Waals surface area (Å²) in [5.41, 5.74) is 0.670. The number of amides is 2. The van der Waals surface area contributed by atoms with Crippen LogP contribution >= 0.6 is 0 Å². The van der Waals surface area contributed by atoms with E-state index in [4.69, 9.17) is 18.6 Å². The summed E-state index contributed by atoms with van der Waals surface area (Å²) < 4.78 is 19.3. The molecule has 246 valence electrons. The van der Waals surface area contributed by atoms with Gasteiger partial charge in [0.15, 0.2) is 17.7 Å². The molecule has 1 unspecified atom stereocenters. The number of aliphatic hydroxyl groups is 2. The van der Waals surface area contributed by atoms with Crippen molar-refractivity contribution in [2.24, 2.45) is 5.41 Å². The van der Waals surface area contributed by atoms with Crippen molar-refractivity contribution in [3.63, 3.8) is 0 Å². The molecule has 12 heteroatoms. The molecule has 0 radical (unpaired) electrons. The van der Waals surface area contributed by atoms with Crippen LogP contribution in [0.25, 0.3) is 11.6 Å². The molecule has 4 aromatic rings. The molecular formula is C35H39N5O7. The molecule has 1 spiro atoms. The van der Waals surface area contributed by atoms with E-state index in [1.807, 2.05) is 63.2 Å². The van der Waals surface area contributed by atoms with Crippen LogP contribution in [0.5, 0.6) is 5.75 Å². The van der Waals surface area contributed by atoms with Crippen LogP contribution in [0.2, 0.25) is 0 Å². The van der Waals surface area contributed by atoms with Crippen LogP contribution in [0.1, 0.15) is 87.5 Å². The van der Waals surface area contributed by atoms with Crippen LogP contribution in [-0.2, 0) is 28.0 Å². The molecule has 3 aliphatic heterocycles. The summed E-state index contributed by atoms with van der Waals surface area (Å²) in [7, 11) is 0. The fraction of sp³-hybridized carbons (Fsp3) is 0.429. The van der Waals surface area contributed by atoms with Gasteiger partial charge < -0.3 is 39.7 Å². The molecule has 4 bridgehead atoms. The number of aromatic nitrogens is 2. The molecule has 2 aromatic heterocycles. The van der Waals surface area contributed by atoms with Gasteiger partial charge in [0, 0.05) is 17.7 Å². The molecule has 5 heterocycles. The third kappa shape index (κ3) is 4.72. The molecule has 5 N–H and O–H groups in total. The molecule has 4 atom stereocenters. The minimum Gasteiger partial charge on any atom is -0.469 e. The molecule has 0 aliphatic carbocycles. The maximum Gasteiger partial charge on any atom is 0.252 e. The van der Waals surface area contributed by atoms with Crippen molar-refractivity contribution in [2.75, 3.05) is 5.32 Å². The van der Waals surface area contributed by atoms with Crippen molar-refractivity contribution in [3.8, 4) is 17.3 Å². The lowest BCUT2D eigenvalue weighted by Gasteiger charge is -2.33. The summed E-state index contributed by atoms with van der Waals surface area (Å²) in [5, 5.41) is 30.3. The Hall–Kier alpha value is -4.68. The van der Waals surface area contributed by atoms with Crippen molar-refractivity contribution in [1.82, 2.24) is 20.6 Å². The van der Waals surface area contributed by atoms with Crippen LogP contribution in [0.4, 0.5) is 5.69 Å². The summed E-state index contributed by atoms with van der Waals surface area (Å²) >= 11 is 0. The number of nitrogens with one attached hydrogen (secondary N) is 3. The number of hydrogen-bond donors (Lipinski definition) is 5. The van der Waals surface area contributed by atoms with Gasteiger partial charge in [-0.2, -0.15) is 0 Å². The highest BCUT2D eigenvalue weighted by Gasteiger charge is 2.61. The Bertz CT molecular complexity index is 1870. The number of ether oxygens (including phenoxy) is 1. The zero-order valence-corrected chi connectivity index (χ0v) is 27.0. The van der Waals surface area contributed by atoms with Gasteiger partial charge in [-0.05, 0) is 41.5 Å². The average Bonchev–Trinajstić information content (AvgIpc) is 3.82. The number of oxazole rings is 2. The number of hydrogen-bond acceptors (Lipinski definition) is 10. The Labute approximate surface area is 271 Å². The van der Waals surface area contributed by atoms with Crippen molar-refractivity contribution in [3.05, 3.63) is 82.8 Å². The van der Waals surface area contributed by atoms with Gasteiger partial charge in [-0.1, -0.05) is 65.0 Å². The number of rotatable bonds is 6. The van der Waals surface area contributed by atoms with Crippen LogP contribution in [0.15, 0.2) is 57.6 Å². The Kier molecular flexibility index (Phi) is 7.21. The number of fused-ring (bicyclic) bond motifs is 4. The molecule has 0 saturated carbocycles. The van der Waals surface area contributed by atoms with E-state index >= 15 is 0 Å². The maximum absolute atomic E-state index is 14.2. The van der Waals surface area contributed by atoms with E-state index in [0.717, 1.165) is 22.4 Å². The summed E-state index contributed by atoms with van der Waals surface area (Å²) in [6, 6.07) is 11.8. The molecule has 47 heavy (non-hydrogen) atoms. The third-order valence-corrected chi connectivity index (χ3v) is 9.72. The zero-order chi connectivity index (χ0) is 33.3. The largest absolute Gasteiger partial charge is 0.469 e. The molecule has 7 rings (SSSR count). The van der Waals surface area contributed by atoms with Gasteiger partial charge in [-0.25, -0.2) is 9.97 Å². The summed E-state index contributed by atoms with van der Waals surface area (Å²) in [5.74, 6) is 0.340. The monoisotopic (exact) mass is 641 g/mol. The molecule has 0 fully saturated rings. The smallest absolute Gasteiger partial charge is 0.252 e. The zero-order valence-electron chi connectivity index (χ0n) is 27.0. The molecule has 3 aliphatic rings. The van der Waals surface area contributed by atoms with Gasteiger partial charge in [0.05, 0.1) is 6.61 Å². The highest BCUT2D eigenvalue weighted by Crippen LogP contribution is 2.59. The first-order chi connectivity index (χ1) is 22.4. The lowest BCUT2D eigenvalue weighted by Crippen LogP contribution is -2.56. The second-order valence-electron chi connectivity index (χ2n) is 13.6. The van der Waals surface area contributed by atoms with Gasteiger partial charge in [0.2, 0.25) is 17.7 Å². The molecule has 12 nitrogen and oxygen atoms in total. The van der Waals surface area contributed by atoms with Crippen LogP contribution in [0, 0.1) is 5.41 Å². The first kappa shape index (κ1) is 30.9. The Balaban J connectivity index is 1.49. The predicted molar refractivity (Wildman–Crippen MR) is 170 cm³/mol. The lowest BCUT2D eigenvalue weighted by molar-refractivity contribution is -0.143. The van der Waals surface area contributed by atoms with Crippen LogP contribution < -0.4 is 20.7 Å². The van der Waals surface area contributed by atoms with Gasteiger partial charge in [-0.3, -0.25) is 9.59 Å². The number of aliphatic hydroxyl groups excluding tert-OH is 1. The quantitative estimate of drug-likeness (QED) is 0.206. The number of para-hydroxylation sites is 1. The first-order valence-corrected chi connectivity index (χ1v) is 16.0. The molecule has 2 aromatic carbocycles. The van der Waals surface area contributed by atoms with E-state index in [9.17, 15) is 19.8 Å². The van der Waals surface area contributed by atoms with Gasteiger partial charge in [0.1, 0.15) is 40.8 Å². The van der Waals surface area contributed by atoms with Gasteiger partial charge in [-0.15, -0.1) is 0 Å². The minimum atomic E-state index is -1.62. The Morgan fingerprint density at radius 3 is 2.55 bits per heavy atom. The van der Waals surface area contributed by atoms with Crippen molar-refractivity contribution in [2.45, 2.75) is 89.8 Å². The summed E-state index contributed by atoms with van der Waals surface area (Å²) in [6.07, 6.45) is 1.30. The minimum absolute atomic E-state index is 0.151. The third-order valence-electron chi connectivity index (χ3n) is 9.72. The van der Waals surface area contributed by atoms with E-state index in [-0.39, 0.29) is 37.7 Å². The van der Waals surface area contributed by atoms with Crippen LogP contribution in [0.3, 0.4) is 0 Å². The van der Waals surface area contributed by atoms with Gasteiger partial charge in [0.25, 0.3) is 5.91 Å². The van der Waals surface area contributed by atoms with E-state index in [1.54, 1.807) is 13.8 Å². The highest BCUT2D eigenvalue weighted by molar-refractivity contribution is 5.91. The molecular weight excluding hydrogens is 602 g/mol. The summed E-state index contributed by atoms with van der Waals surface area (Å²) in [6.45, 7) is 9.01. The normalized spacial score (nSPS) is 23.0. The standard InChI is InChI=1S/C35H39N5O7/c1-6-34(44,7-2)31(43)37-23-15-18-12-13-24-21(14-18)35(20-10-8-9-11-22(20)38-32(35)46-24)27-25(29-36-19(16-41)17-45-29)39-30(47-27)26(33(3,4)5)40-28(23)42/h8-14,17,23,26,32,38,41,44H,6-7,15-16H2,1-5H3,(H,37,43)(H,40,42)/t23-,26+,32+,35?/m0/s1. The topological polar surface area (TPSA) is 172 Å². The first-order valence-electron chi connectivity index (χ1n) is 16.0. The van der Waals surface area contributed by atoms with Crippen molar-refractivity contribution >= 4 is 17.5 Å². The van der Waals surface area contributed by atoms with Gasteiger partial charge >= 0.3 is 0 Å². The van der Waals surface area contributed by atoms with E-state index in [0.29, 0.717) is 22.9 Å². The Morgan fingerprint density at radius 1 is 1.09 bits per heavy atom. The maximum atomic E-state index is 14.2. The predicted octanol–water partition coefficient (Wildman–Crippen LogP) is 4.10. The number of carbonyl (C=O) groups is 2. The van der Waals surface area contributed by atoms with Crippen molar-refractivity contribution in [1.29, 1.82) is 0 Å². The number of nitrogens with zero attached hydrogens (tertiary/aromatic N) is 2. The van der Waals surface area contributed by atoms with E-state index in [1.165, 1.54) is 6.26 Å². The second kappa shape index (κ2) is 11.0. The second-order valence-corrected chi connectivity index (χ2v) is 13.6. The fourth-order valence-corrected chi connectivity index (χ4v) is 6.91. The average molecular weight is 642 g/mol. The van der Waals surface area contributed by atoms with Crippen LogP contribution in [-0.4, -0.2) is 49.9 Å². The fourth-order valence-electron chi connectivity index (χ4n) is 6.91. The number of carbonyl (C=O) groups excluding carboxylic acids is 2. The molecule has 0 saturated heterocycles. The highest BCUT2D eigenvalue weighted by atomic mass is 16.5.